The molecule has 0 spiro atoms. The summed E-state index contributed by atoms with van der Waals surface area (Å²) in [7, 11) is 0. The van der Waals surface area contributed by atoms with Crippen molar-refractivity contribution >= 4 is 5.97 Å². The minimum atomic E-state index is -0.195. The van der Waals surface area contributed by atoms with Crippen LogP contribution >= 0.6 is 0 Å². The van der Waals surface area contributed by atoms with Gasteiger partial charge in [-0.3, -0.25) is 0 Å². The normalized spacial score (nSPS) is 25.7. The van der Waals surface area contributed by atoms with Crippen molar-refractivity contribution in [1.82, 2.24) is 4.90 Å². The van der Waals surface area contributed by atoms with E-state index in [2.05, 4.69) is 18.4 Å². The van der Waals surface area contributed by atoms with Gasteiger partial charge in [0.05, 0.1) is 5.70 Å². The van der Waals surface area contributed by atoms with Gasteiger partial charge in [0.1, 0.15) is 6.10 Å². The molecule has 0 aromatic heterocycles. The van der Waals surface area contributed by atoms with E-state index in [1.165, 1.54) is 12.8 Å². The summed E-state index contributed by atoms with van der Waals surface area (Å²) in [5.74, 6) is 0.0538. The third-order valence-corrected chi connectivity index (χ3v) is 3.59. The summed E-state index contributed by atoms with van der Waals surface area (Å²) in [5.41, 5.74) is 1.07. The molecule has 2 unspecified atom stereocenters. The van der Waals surface area contributed by atoms with Crippen LogP contribution in [0, 0.1) is 5.92 Å². The molecule has 1 saturated heterocycles. The minimum absolute atomic E-state index is 0.0990. The monoisotopic (exact) mass is 235 g/mol. The zero-order chi connectivity index (χ0) is 12.3. The quantitative estimate of drug-likeness (QED) is 0.541. The van der Waals surface area contributed by atoms with Gasteiger partial charge < -0.3 is 9.64 Å². The average molecular weight is 235 g/mol. The molecule has 0 aliphatic carbocycles. The predicted octanol–water partition coefficient (Wildman–Crippen LogP) is 2.49. The Labute approximate surface area is 103 Å². The number of hydrogen-bond donors (Lipinski definition) is 0. The van der Waals surface area contributed by atoms with E-state index in [1.54, 1.807) is 6.08 Å². The lowest BCUT2D eigenvalue weighted by molar-refractivity contribution is -0.140. The average Bonchev–Trinajstić information content (AvgIpc) is 2.94. The number of rotatable bonds is 5. The third-order valence-electron chi connectivity index (χ3n) is 3.59. The van der Waals surface area contributed by atoms with Gasteiger partial charge in [0, 0.05) is 25.1 Å². The number of nitrogens with zero attached hydrogens (tertiary/aromatic N) is 1. The standard InChI is InChI=1S/C14H21NO2/c1-3-7-11(4-2)14-12(10-13(16)17-14)15-8-5-6-9-15/h4,10-11,14H,2-3,5-9H2,1H3. The molecular weight excluding hydrogens is 214 g/mol. The van der Waals surface area contributed by atoms with E-state index >= 15 is 0 Å². The Morgan fingerprint density at radius 1 is 1.59 bits per heavy atom. The van der Waals surface area contributed by atoms with Crippen molar-refractivity contribution in [3.8, 4) is 0 Å². The molecule has 0 aromatic carbocycles. The first-order chi connectivity index (χ1) is 8.26. The molecule has 0 amide bonds. The Balaban J connectivity index is 2.12. The van der Waals surface area contributed by atoms with Gasteiger partial charge in [-0.25, -0.2) is 4.79 Å². The number of likely N-dealkylation sites (tertiary alicyclic amines) is 1. The molecule has 3 nitrogen and oxygen atoms in total. The molecule has 2 atom stereocenters. The molecule has 2 heterocycles. The first-order valence-corrected chi connectivity index (χ1v) is 6.56. The lowest BCUT2D eigenvalue weighted by Gasteiger charge is -2.28. The fourth-order valence-electron chi connectivity index (χ4n) is 2.70. The van der Waals surface area contributed by atoms with Gasteiger partial charge in [0.15, 0.2) is 0 Å². The van der Waals surface area contributed by atoms with Crippen LogP contribution in [0.25, 0.3) is 0 Å². The van der Waals surface area contributed by atoms with Crippen LogP contribution in [0.3, 0.4) is 0 Å². The highest BCUT2D eigenvalue weighted by Crippen LogP contribution is 2.31. The number of esters is 1. The smallest absolute Gasteiger partial charge is 0.333 e. The SMILES string of the molecule is C=CC(CCC)C1OC(=O)C=C1N1CCCC1. The number of carbonyl (C=O) groups excluding carboxylic acids is 1. The van der Waals surface area contributed by atoms with Gasteiger partial charge in [-0.1, -0.05) is 19.4 Å². The maximum atomic E-state index is 11.5. The lowest BCUT2D eigenvalue weighted by atomic mass is 9.95. The number of cyclic esters (lactones) is 1. The molecule has 0 radical (unpaired) electrons. The zero-order valence-corrected chi connectivity index (χ0v) is 10.5. The van der Waals surface area contributed by atoms with E-state index in [4.69, 9.17) is 4.74 Å². The summed E-state index contributed by atoms with van der Waals surface area (Å²) in [6, 6.07) is 0. The molecule has 3 heteroatoms. The molecule has 0 N–H and O–H groups in total. The summed E-state index contributed by atoms with van der Waals surface area (Å²) in [5, 5.41) is 0. The Bertz CT molecular complexity index is 329. The van der Waals surface area contributed by atoms with Crippen LogP contribution in [0.2, 0.25) is 0 Å². The molecule has 2 rings (SSSR count). The lowest BCUT2D eigenvalue weighted by Crippen LogP contribution is -2.31. The zero-order valence-electron chi connectivity index (χ0n) is 10.5. The van der Waals surface area contributed by atoms with Crippen molar-refractivity contribution in [2.75, 3.05) is 13.1 Å². The summed E-state index contributed by atoms with van der Waals surface area (Å²) >= 11 is 0. The Hall–Kier alpha value is -1.25. The number of hydrogen-bond acceptors (Lipinski definition) is 3. The van der Waals surface area contributed by atoms with E-state index in [1.807, 2.05) is 6.08 Å². The molecular formula is C14H21NO2. The molecule has 1 fully saturated rings. The molecule has 2 aliphatic heterocycles. The fraction of sp³-hybridized carbons (Fsp3) is 0.643. The summed E-state index contributed by atoms with van der Waals surface area (Å²) in [6.07, 6.45) is 8.03. The Kier molecular flexibility index (Phi) is 3.87. The maximum Gasteiger partial charge on any atom is 0.333 e. The fourth-order valence-corrected chi connectivity index (χ4v) is 2.70. The molecule has 17 heavy (non-hydrogen) atoms. The topological polar surface area (TPSA) is 29.5 Å². The van der Waals surface area contributed by atoms with Crippen molar-refractivity contribution in [1.29, 1.82) is 0 Å². The van der Waals surface area contributed by atoms with E-state index in [0.29, 0.717) is 0 Å². The van der Waals surface area contributed by atoms with E-state index < -0.39 is 0 Å². The van der Waals surface area contributed by atoms with Gasteiger partial charge in [0.2, 0.25) is 0 Å². The highest BCUT2D eigenvalue weighted by Gasteiger charge is 2.35. The van der Waals surface area contributed by atoms with Gasteiger partial charge in [0.25, 0.3) is 0 Å². The van der Waals surface area contributed by atoms with Crippen molar-refractivity contribution in [3.63, 3.8) is 0 Å². The van der Waals surface area contributed by atoms with Gasteiger partial charge >= 0.3 is 5.97 Å². The van der Waals surface area contributed by atoms with Crippen molar-refractivity contribution < 1.29 is 9.53 Å². The highest BCUT2D eigenvalue weighted by molar-refractivity contribution is 5.85. The molecule has 94 valence electrons. The second kappa shape index (κ2) is 5.39. The first-order valence-electron chi connectivity index (χ1n) is 6.56. The van der Waals surface area contributed by atoms with Gasteiger partial charge in [-0.05, 0) is 19.3 Å². The van der Waals surface area contributed by atoms with Crippen LogP contribution in [0.5, 0.6) is 0 Å². The number of carbonyl (C=O) groups is 1. The molecule has 0 saturated carbocycles. The van der Waals surface area contributed by atoms with Gasteiger partial charge in [-0.2, -0.15) is 0 Å². The van der Waals surface area contributed by atoms with Crippen molar-refractivity contribution in [2.24, 2.45) is 5.92 Å². The second-order valence-corrected chi connectivity index (χ2v) is 4.81. The van der Waals surface area contributed by atoms with E-state index in [0.717, 1.165) is 31.6 Å². The maximum absolute atomic E-state index is 11.5. The summed E-state index contributed by atoms with van der Waals surface area (Å²) in [6.45, 7) is 8.12. The van der Waals surface area contributed by atoms with Crippen molar-refractivity contribution in [3.05, 3.63) is 24.4 Å². The van der Waals surface area contributed by atoms with Crippen LogP contribution in [0.1, 0.15) is 32.6 Å². The molecule has 0 aromatic rings. The Morgan fingerprint density at radius 2 is 2.29 bits per heavy atom. The predicted molar refractivity (Wildman–Crippen MR) is 67.4 cm³/mol. The largest absolute Gasteiger partial charge is 0.452 e. The van der Waals surface area contributed by atoms with Crippen molar-refractivity contribution in [2.45, 2.75) is 38.7 Å². The van der Waals surface area contributed by atoms with E-state index in [9.17, 15) is 4.79 Å². The van der Waals surface area contributed by atoms with Crippen LogP contribution in [0.15, 0.2) is 24.4 Å². The summed E-state index contributed by atoms with van der Waals surface area (Å²) < 4.78 is 5.45. The highest BCUT2D eigenvalue weighted by atomic mass is 16.5. The first kappa shape index (κ1) is 12.2. The summed E-state index contributed by atoms with van der Waals surface area (Å²) in [4.78, 5) is 13.8. The minimum Gasteiger partial charge on any atom is -0.452 e. The number of ether oxygens (including phenoxy) is 1. The van der Waals surface area contributed by atoms with Crippen LogP contribution in [0.4, 0.5) is 0 Å². The van der Waals surface area contributed by atoms with Crippen LogP contribution < -0.4 is 0 Å². The Morgan fingerprint density at radius 3 is 2.88 bits per heavy atom. The van der Waals surface area contributed by atoms with E-state index in [-0.39, 0.29) is 18.0 Å². The van der Waals surface area contributed by atoms with Gasteiger partial charge in [-0.15, -0.1) is 6.58 Å². The van der Waals surface area contributed by atoms with Crippen LogP contribution in [-0.2, 0) is 9.53 Å². The third kappa shape index (κ3) is 2.54. The molecule has 2 aliphatic rings. The molecule has 0 bridgehead atoms. The second-order valence-electron chi connectivity index (χ2n) is 4.81. The van der Waals surface area contributed by atoms with Crippen LogP contribution in [-0.4, -0.2) is 30.1 Å².